The summed E-state index contributed by atoms with van der Waals surface area (Å²) in [6, 6.07) is 6.31. The first kappa shape index (κ1) is 16.4. The molecule has 24 heavy (non-hydrogen) atoms. The van der Waals surface area contributed by atoms with Crippen molar-refractivity contribution in [2.75, 3.05) is 48.9 Å². The van der Waals surface area contributed by atoms with Crippen LogP contribution in [0, 0.1) is 6.92 Å². The summed E-state index contributed by atoms with van der Waals surface area (Å²) in [4.78, 5) is 15.8. The largest absolute Gasteiger partial charge is 0.363 e. The normalized spacial score (nSPS) is 17.7. The van der Waals surface area contributed by atoms with Gasteiger partial charge in [0.1, 0.15) is 5.82 Å². The van der Waals surface area contributed by atoms with Crippen LogP contribution < -0.4 is 14.7 Å². The van der Waals surface area contributed by atoms with Crippen molar-refractivity contribution in [3.8, 4) is 0 Å². The zero-order valence-electron chi connectivity index (χ0n) is 14.8. The quantitative estimate of drug-likeness (QED) is 0.847. The van der Waals surface area contributed by atoms with Gasteiger partial charge in [0.15, 0.2) is 5.82 Å². The van der Waals surface area contributed by atoms with Crippen molar-refractivity contribution in [1.29, 1.82) is 0 Å². The molecule has 1 fully saturated rings. The lowest BCUT2D eigenvalue weighted by Crippen LogP contribution is -2.47. The first-order valence-corrected chi connectivity index (χ1v) is 8.33. The average Bonchev–Trinajstić information content (AvgIpc) is 2.61. The molecule has 0 bridgehead atoms. The fourth-order valence-electron chi connectivity index (χ4n) is 3.03. The van der Waals surface area contributed by atoms with E-state index < -0.39 is 0 Å². The molecule has 0 saturated carbocycles. The van der Waals surface area contributed by atoms with Crippen LogP contribution in [0.4, 0.5) is 17.6 Å². The molecule has 0 spiro atoms. The summed E-state index contributed by atoms with van der Waals surface area (Å²) in [6.45, 7) is 3.93. The Balaban J connectivity index is 1.78. The summed E-state index contributed by atoms with van der Waals surface area (Å²) in [5.41, 5.74) is 0.983. The summed E-state index contributed by atoms with van der Waals surface area (Å²) in [5.74, 6) is 2.66. The molecule has 1 saturated heterocycles. The lowest BCUT2D eigenvalue weighted by atomic mass is 10.0. The molecule has 0 aliphatic carbocycles. The smallest absolute Gasteiger partial charge is 0.227 e. The van der Waals surface area contributed by atoms with Gasteiger partial charge in [-0.1, -0.05) is 0 Å². The van der Waals surface area contributed by atoms with Crippen LogP contribution >= 0.6 is 0 Å². The Hall–Kier alpha value is -2.44. The zero-order chi connectivity index (χ0) is 17.1. The minimum Gasteiger partial charge on any atom is -0.363 e. The van der Waals surface area contributed by atoms with E-state index in [4.69, 9.17) is 4.98 Å². The SMILES string of the molecule is Cc1cc(N(C)C)nc(N(C)[C@H]2CCCN(c3cccnn3)C2)n1. The monoisotopic (exact) mass is 327 g/mol. The molecule has 0 amide bonds. The number of piperidine rings is 1. The van der Waals surface area contributed by atoms with Gasteiger partial charge in [0.05, 0.1) is 0 Å². The third-order valence-corrected chi connectivity index (χ3v) is 4.43. The maximum absolute atomic E-state index is 4.70. The van der Waals surface area contributed by atoms with Crippen molar-refractivity contribution in [3.63, 3.8) is 0 Å². The van der Waals surface area contributed by atoms with Gasteiger partial charge in [-0.3, -0.25) is 0 Å². The van der Waals surface area contributed by atoms with E-state index >= 15 is 0 Å². The molecule has 0 unspecified atom stereocenters. The van der Waals surface area contributed by atoms with Crippen molar-refractivity contribution in [3.05, 3.63) is 30.1 Å². The lowest BCUT2D eigenvalue weighted by Gasteiger charge is -2.38. The van der Waals surface area contributed by atoms with E-state index in [-0.39, 0.29) is 0 Å². The third-order valence-electron chi connectivity index (χ3n) is 4.43. The topological polar surface area (TPSA) is 61.3 Å². The van der Waals surface area contributed by atoms with Crippen LogP contribution in [0.2, 0.25) is 0 Å². The number of hydrogen-bond donors (Lipinski definition) is 0. The second-order valence-electron chi connectivity index (χ2n) is 6.50. The van der Waals surface area contributed by atoms with Crippen molar-refractivity contribution < 1.29 is 0 Å². The van der Waals surface area contributed by atoms with Gasteiger partial charge in [-0.25, -0.2) is 4.98 Å². The van der Waals surface area contributed by atoms with E-state index in [1.807, 2.05) is 44.1 Å². The Labute approximate surface area is 143 Å². The van der Waals surface area contributed by atoms with Gasteiger partial charge in [0, 0.05) is 58.2 Å². The van der Waals surface area contributed by atoms with E-state index in [1.165, 1.54) is 0 Å². The maximum Gasteiger partial charge on any atom is 0.227 e. The number of aromatic nitrogens is 4. The van der Waals surface area contributed by atoms with Gasteiger partial charge in [-0.2, -0.15) is 10.1 Å². The van der Waals surface area contributed by atoms with Gasteiger partial charge in [0.25, 0.3) is 0 Å². The minimum atomic E-state index is 0.359. The molecule has 2 aromatic rings. The predicted octanol–water partition coefficient (Wildman–Crippen LogP) is 1.75. The molecule has 3 rings (SSSR count). The molecule has 1 aliphatic heterocycles. The Kier molecular flexibility index (Phi) is 4.78. The van der Waals surface area contributed by atoms with E-state index in [9.17, 15) is 0 Å². The van der Waals surface area contributed by atoms with Gasteiger partial charge >= 0.3 is 0 Å². The highest BCUT2D eigenvalue weighted by molar-refractivity contribution is 5.46. The molecular formula is C17H25N7. The fourth-order valence-corrected chi connectivity index (χ4v) is 3.03. The minimum absolute atomic E-state index is 0.359. The first-order valence-electron chi connectivity index (χ1n) is 8.33. The number of hydrogen-bond acceptors (Lipinski definition) is 7. The van der Waals surface area contributed by atoms with E-state index in [0.717, 1.165) is 49.2 Å². The van der Waals surface area contributed by atoms with Gasteiger partial charge in [-0.15, -0.1) is 5.10 Å². The van der Waals surface area contributed by atoms with E-state index in [0.29, 0.717) is 6.04 Å². The Morgan fingerprint density at radius 2 is 2.04 bits per heavy atom. The second kappa shape index (κ2) is 6.98. The Bertz CT molecular complexity index is 674. The molecule has 0 N–H and O–H groups in total. The summed E-state index contributed by atoms with van der Waals surface area (Å²) in [7, 11) is 6.09. The standard InChI is InChI=1S/C17H25N7/c1-13-11-16(22(2)3)20-17(19-13)23(4)14-7-6-10-24(12-14)15-8-5-9-18-21-15/h5,8-9,11,14H,6-7,10,12H2,1-4H3/t14-/m0/s1. The van der Waals surface area contributed by atoms with Gasteiger partial charge in [-0.05, 0) is 31.9 Å². The second-order valence-corrected chi connectivity index (χ2v) is 6.50. The van der Waals surface area contributed by atoms with Crippen LogP contribution in [0.3, 0.4) is 0 Å². The number of anilines is 3. The van der Waals surface area contributed by atoms with Crippen LogP contribution in [0.5, 0.6) is 0 Å². The maximum atomic E-state index is 4.70. The molecule has 0 radical (unpaired) electrons. The van der Waals surface area contributed by atoms with Crippen molar-refractivity contribution >= 4 is 17.6 Å². The summed E-state index contributed by atoms with van der Waals surface area (Å²) >= 11 is 0. The number of rotatable bonds is 4. The Morgan fingerprint density at radius 3 is 2.75 bits per heavy atom. The van der Waals surface area contributed by atoms with Crippen molar-refractivity contribution in [1.82, 2.24) is 20.2 Å². The lowest BCUT2D eigenvalue weighted by molar-refractivity contribution is 0.479. The Morgan fingerprint density at radius 1 is 1.21 bits per heavy atom. The van der Waals surface area contributed by atoms with Crippen LogP contribution in [-0.2, 0) is 0 Å². The highest BCUT2D eigenvalue weighted by Crippen LogP contribution is 2.23. The molecule has 1 aliphatic rings. The molecule has 7 nitrogen and oxygen atoms in total. The van der Waals surface area contributed by atoms with Crippen molar-refractivity contribution in [2.45, 2.75) is 25.8 Å². The van der Waals surface area contributed by atoms with Crippen LogP contribution in [0.25, 0.3) is 0 Å². The number of aryl methyl sites for hydroxylation is 1. The molecule has 0 aromatic carbocycles. The molecule has 7 heteroatoms. The highest BCUT2D eigenvalue weighted by Gasteiger charge is 2.26. The van der Waals surface area contributed by atoms with Crippen molar-refractivity contribution in [2.24, 2.45) is 0 Å². The van der Waals surface area contributed by atoms with Crippen LogP contribution in [0.1, 0.15) is 18.5 Å². The molecule has 3 heterocycles. The molecule has 128 valence electrons. The first-order chi connectivity index (χ1) is 11.5. The van der Waals surface area contributed by atoms with Gasteiger partial charge in [0.2, 0.25) is 5.95 Å². The molecule has 1 atom stereocenters. The summed E-state index contributed by atoms with van der Waals surface area (Å²) < 4.78 is 0. The molecule has 2 aromatic heterocycles. The van der Waals surface area contributed by atoms with E-state index in [1.54, 1.807) is 6.20 Å². The number of nitrogens with zero attached hydrogens (tertiary/aromatic N) is 7. The van der Waals surface area contributed by atoms with Crippen LogP contribution in [0.15, 0.2) is 24.4 Å². The molecular weight excluding hydrogens is 302 g/mol. The fraction of sp³-hybridized carbons (Fsp3) is 0.529. The predicted molar refractivity (Wildman–Crippen MR) is 96.8 cm³/mol. The van der Waals surface area contributed by atoms with Gasteiger partial charge < -0.3 is 14.7 Å². The zero-order valence-corrected chi connectivity index (χ0v) is 14.8. The average molecular weight is 327 g/mol. The highest BCUT2D eigenvalue weighted by atomic mass is 15.3. The summed E-state index contributed by atoms with van der Waals surface area (Å²) in [6.07, 6.45) is 3.96. The van der Waals surface area contributed by atoms with Crippen LogP contribution in [-0.4, -0.2) is 60.4 Å². The van der Waals surface area contributed by atoms with E-state index in [2.05, 4.69) is 32.0 Å². The number of likely N-dealkylation sites (N-methyl/N-ethyl adjacent to an activating group) is 1. The summed E-state index contributed by atoms with van der Waals surface area (Å²) in [5, 5.41) is 8.23. The third kappa shape index (κ3) is 3.55.